The molecular weight excluding hydrogens is 267 g/mol. The van der Waals surface area contributed by atoms with E-state index in [2.05, 4.69) is 19.1 Å². The van der Waals surface area contributed by atoms with E-state index in [-0.39, 0.29) is 5.58 Å². The van der Waals surface area contributed by atoms with E-state index in [9.17, 15) is 9.50 Å². The van der Waals surface area contributed by atoms with Crippen LogP contribution in [0.3, 0.4) is 0 Å². The summed E-state index contributed by atoms with van der Waals surface area (Å²) in [6.07, 6.45) is 0.580. The van der Waals surface area contributed by atoms with Gasteiger partial charge in [-0.3, -0.25) is 0 Å². The smallest absolute Gasteiger partial charge is 0.170 e. The third kappa shape index (κ3) is 2.83. The molecule has 1 aromatic heterocycles. The van der Waals surface area contributed by atoms with Crippen LogP contribution in [0.4, 0.5) is 4.39 Å². The largest absolute Gasteiger partial charge is 0.455 e. The van der Waals surface area contributed by atoms with Crippen LogP contribution in [0.15, 0.2) is 52.9 Å². The molecule has 3 rings (SSSR count). The Hall–Kier alpha value is -2.13. The molecule has 0 saturated heterocycles. The predicted molar refractivity (Wildman–Crippen MR) is 80.6 cm³/mol. The summed E-state index contributed by atoms with van der Waals surface area (Å²) in [6, 6.07) is 14.6. The van der Waals surface area contributed by atoms with Gasteiger partial charge in [-0.2, -0.15) is 0 Å². The van der Waals surface area contributed by atoms with Crippen molar-refractivity contribution >= 4 is 11.0 Å². The van der Waals surface area contributed by atoms with Crippen molar-refractivity contribution in [3.8, 4) is 0 Å². The average molecular weight is 284 g/mol. The minimum atomic E-state index is -0.726. The molecule has 2 nitrogen and oxygen atoms in total. The Kier molecular flexibility index (Phi) is 3.76. The number of aliphatic hydroxyl groups is 1. The quantitative estimate of drug-likeness (QED) is 0.762. The van der Waals surface area contributed by atoms with Crippen molar-refractivity contribution in [2.45, 2.75) is 25.9 Å². The van der Waals surface area contributed by atoms with Crippen molar-refractivity contribution in [3.05, 3.63) is 71.2 Å². The van der Waals surface area contributed by atoms with Gasteiger partial charge in [0.2, 0.25) is 0 Å². The minimum absolute atomic E-state index is 0.211. The average Bonchev–Trinajstić information content (AvgIpc) is 2.92. The molecule has 0 amide bonds. The van der Waals surface area contributed by atoms with Crippen molar-refractivity contribution < 1.29 is 13.9 Å². The van der Waals surface area contributed by atoms with Crippen LogP contribution in [0, 0.1) is 12.7 Å². The third-order valence-corrected chi connectivity index (χ3v) is 3.79. The zero-order valence-corrected chi connectivity index (χ0v) is 11.8. The van der Waals surface area contributed by atoms with E-state index in [0.29, 0.717) is 17.6 Å². The lowest BCUT2D eigenvalue weighted by molar-refractivity contribution is 0.142. The lowest BCUT2D eigenvalue weighted by Crippen LogP contribution is -1.99. The molecule has 108 valence electrons. The number of para-hydroxylation sites is 1. The van der Waals surface area contributed by atoms with Crippen LogP contribution < -0.4 is 0 Å². The minimum Gasteiger partial charge on any atom is -0.455 e. The summed E-state index contributed by atoms with van der Waals surface area (Å²) in [5.74, 6) is 0.0218. The summed E-state index contributed by atoms with van der Waals surface area (Å²) in [7, 11) is 0. The van der Waals surface area contributed by atoms with E-state index in [0.717, 1.165) is 6.42 Å². The molecule has 0 radical (unpaired) electrons. The molecule has 0 aliphatic heterocycles. The summed E-state index contributed by atoms with van der Waals surface area (Å²) >= 11 is 0. The first-order chi connectivity index (χ1) is 10.1. The van der Waals surface area contributed by atoms with E-state index in [1.54, 1.807) is 18.2 Å². The number of halogens is 1. The van der Waals surface area contributed by atoms with E-state index in [1.807, 2.05) is 12.1 Å². The van der Waals surface area contributed by atoms with Gasteiger partial charge in [0.15, 0.2) is 11.4 Å². The first kappa shape index (κ1) is 13.8. The summed E-state index contributed by atoms with van der Waals surface area (Å²) in [5, 5.41) is 10.9. The molecular formula is C18H17FO2. The summed E-state index contributed by atoms with van der Waals surface area (Å²) in [4.78, 5) is 0. The number of hydrogen-bond donors (Lipinski definition) is 1. The molecule has 1 atom stereocenters. The van der Waals surface area contributed by atoms with Crippen molar-refractivity contribution in [2.24, 2.45) is 0 Å². The molecule has 3 heteroatoms. The van der Waals surface area contributed by atoms with Gasteiger partial charge >= 0.3 is 0 Å². The number of rotatable bonds is 4. The van der Waals surface area contributed by atoms with Crippen LogP contribution in [-0.2, 0) is 6.42 Å². The topological polar surface area (TPSA) is 33.4 Å². The van der Waals surface area contributed by atoms with Gasteiger partial charge in [-0.1, -0.05) is 36.4 Å². The number of fused-ring (bicyclic) bond motifs is 1. The predicted octanol–water partition coefficient (Wildman–Crippen LogP) is 4.55. The molecule has 0 spiro atoms. The van der Waals surface area contributed by atoms with E-state index >= 15 is 0 Å². The SMILES string of the molecule is Cc1ccccc1CCC(O)c1cc2cccc(F)c2o1. The molecule has 0 aliphatic carbocycles. The molecule has 0 saturated carbocycles. The van der Waals surface area contributed by atoms with Crippen LogP contribution in [-0.4, -0.2) is 5.11 Å². The molecule has 1 unspecified atom stereocenters. The maximum Gasteiger partial charge on any atom is 0.170 e. The molecule has 1 heterocycles. The van der Waals surface area contributed by atoms with Crippen molar-refractivity contribution in [2.75, 3.05) is 0 Å². The monoisotopic (exact) mass is 284 g/mol. The standard InChI is InChI=1S/C18H17FO2/c1-12-5-2-3-6-13(12)9-10-16(20)17-11-14-7-4-8-15(19)18(14)21-17/h2-8,11,16,20H,9-10H2,1H3. The van der Waals surface area contributed by atoms with Crippen LogP contribution in [0.5, 0.6) is 0 Å². The summed E-state index contributed by atoms with van der Waals surface area (Å²) in [6.45, 7) is 2.05. The van der Waals surface area contributed by atoms with Gasteiger partial charge < -0.3 is 9.52 Å². The van der Waals surface area contributed by atoms with Gasteiger partial charge in [-0.15, -0.1) is 0 Å². The fraction of sp³-hybridized carbons (Fsp3) is 0.222. The maximum absolute atomic E-state index is 13.6. The third-order valence-electron chi connectivity index (χ3n) is 3.79. The maximum atomic E-state index is 13.6. The highest BCUT2D eigenvalue weighted by Crippen LogP contribution is 2.28. The molecule has 2 aromatic carbocycles. The van der Waals surface area contributed by atoms with Gasteiger partial charge in [-0.05, 0) is 43.0 Å². The highest BCUT2D eigenvalue weighted by Gasteiger charge is 2.15. The number of aryl methyl sites for hydroxylation is 2. The van der Waals surface area contributed by atoms with Crippen LogP contribution >= 0.6 is 0 Å². The van der Waals surface area contributed by atoms with Crippen LogP contribution in [0.25, 0.3) is 11.0 Å². The Morgan fingerprint density at radius 2 is 1.95 bits per heavy atom. The van der Waals surface area contributed by atoms with Gasteiger partial charge in [0.05, 0.1) is 0 Å². The summed E-state index contributed by atoms with van der Waals surface area (Å²) < 4.78 is 19.0. The molecule has 1 N–H and O–H groups in total. The number of benzene rings is 2. The highest BCUT2D eigenvalue weighted by atomic mass is 19.1. The number of furan rings is 1. The van der Waals surface area contributed by atoms with Gasteiger partial charge in [0.1, 0.15) is 11.9 Å². The van der Waals surface area contributed by atoms with Crippen LogP contribution in [0.2, 0.25) is 0 Å². The fourth-order valence-corrected chi connectivity index (χ4v) is 2.54. The Morgan fingerprint density at radius 3 is 2.71 bits per heavy atom. The first-order valence-corrected chi connectivity index (χ1v) is 7.05. The lowest BCUT2D eigenvalue weighted by Gasteiger charge is -2.09. The highest BCUT2D eigenvalue weighted by molar-refractivity contribution is 5.78. The normalized spacial score (nSPS) is 12.7. The Morgan fingerprint density at radius 1 is 1.14 bits per heavy atom. The molecule has 21 heavy (non-hydrogen) atoms. The first-order valence-electron chi connectivity index (χ1n) is 7.05. The second kappa shape index (κ2) is 5.70. The number of hydrogen-bond acceptors (Lipinski definition) is 2. The second-order valence-corrected chi connectivity index (χ2v) is 5.29. The lowest BCUT2D eigenvalue weighted by atomic mass is 10.0. The zero-order valence-electron chi connectivity index (χ0n) is 11.8. The zero-order chi connectivity index (χ0) is 14.8. The van der Waals surface area contributed by atoms with E-state index in [4.69, 9.17) is 4.42 Å². The molecule has 0 fully saturated rings. The fourth-order valence-electron chi connectivity index (χ4n) is 2.54. The second-order valence-electron chi connectivity index (χ2n) is 5.29. The molecule has 0 bridgehead atoms. The van der Waals surface area contributed by atoms with Gasteiger partial charge in [-0.25, -0.2) is 4.39 Å². The van der Waals surface area contributed by atoms with Crippen molar-refractivity contribution in [1.82, 2.24) is 0 Å². The van der Waals surface area contributed by atoms with Crippen molar-refractivity contribution in [1.29, 1.82) is 0 Å². The Bertz CT molecular complexity index is 761. The van der Waals surface area contributed by atoms with Gasteiger partial charge in [0, 0.05) is 5.39 Å². The van der Waals surface area contributed by atoms with E-state index < -0.39 is 11.9 Å². The van der Waals surface area contributed by atoms with Crippen LogP contribution in [0.1, 0.15) is 29.4 Å². The van der Waals surface area contributed by atoms with Gasteiger partial charge in [0.25, 0.3) is 0 Å². The number of aliphatic hydroxyl groups excluding tert-OH is 1. The Balaban J connectivity index is 1.76. The molecule has 3 aromatic rings. The molecule has 0 aliphatic rings. The van der Waals surface area contributed by atoms with E-state index in [1.165, 1.54) is 17.2 Å². The Labute approximate surface area is 122 Å². The van der Waals surface area contributed by atoms with Crippen molar-refractivity contribution in [3.63, 3.8) is 0 Å². The summed E-state index contributed by atoms with van der Waals surface area (Å²) in [5.41, 5.74) is 2.63.